The van der Waals surface area contributed by atoms with Crippen molar-refractivity contribution >= 4 is 23.2 Å². The number of carbonyl (C=O) groups is 3. The standard InChI is InChI=1S/C17H13NO3/c1-11-5-4-6-12(9-11)15(19)10-18-14-8-3-2-7-13(14)16(20)17(18)21/h2-9H,10H2,1H3. The predicted octanol–water partition coefficient (Wildman–Crippen LogP) is 2.41. The number of Topliss-reactive ketones (excluding diaryl/α,β-unsaturated/α-hetero) is 2. The second-order valence-corrected chi connectivity index (χ2v) is 5.03. The molecule has 0 spiro atoms. The summed E-state index contributed by atoms with van der Waals surface area (Å²) in [5.41, 5.74) is 2.39. The van der Waals surface area contributed by atoms with Gasteiger partial charge in [-0.05, 0) is 25.1 Å². The van der Waals surface area contributed by atoms with Crippen LogP contribution in [0, 0.1) is 6.92 Å². The van der Waals surface area contributed by atoms with Crippen LogP contribution in [0.25, 0.3) is 0 Å². The Hall–Kier alpha value is -2.75. The molecule has 0 aromatic heterocycles. The Labute approximate surface area is 122 Å². The molecule has 0 aliphatic carbocycles. The van der Waals surface area contributed by atoms with Gasteiger partial charge in [0, 0.05) is 5.56 Å². The number of hydrogen-bond acceptors (Lipinski definition) is 3. The summed E-state index contributed by atoms with van der Waals surface area (Å²) in [6.45, 7) is 1.78. The van der Waals surface area contributed by atoms with Crippen LogP contribution in [0.3, 0.4) is 0 Å². The van der Waals surface area contributed by atoms with E-state index in [1.807, 2.05) is 13.0 Å². The summed E-state index contributed by atoms with van der Waals surface area (Å²) in [5, 5.41) is 0. The molecule has 0 saturated heterocycles. The van der Waals surface area contributed by atoms with Crippen molar-refractivity contribution in [3.8, 4) is 0 Å². The van der Waals surface area contributed by atoms with Crippen LogP contribution in [0.4, 0.5) is 5.69 Å². The van der Waals surface area contributed by atoms with E-state index >= 15 is 0 Å². The second kappa shape index (κ2) is 4.98. The van der Waals surface area contributed by atoms with Crippen molar-refractivity contribution in [3.05, 3.63) is 65.2 Å². The summed E-state index contributed by atoms with van der Waals surface area (Å²) in [6, 6.07) is 13.9. The first kappa shape index (κ1) is 13.2. The normalized spacial score (nSPS) is 13.5. The van der Waals surface area contributed by atoms with Crippen LogP contribution in [0.15, 0.2) is 48.5 Å². The van der Waals surface area contributed by atoms with Gasteiger partial charge in [-0.2, -0.15) is 0 Å². The Morgan fingerprint density at radius 3 is 2.57 bits per heavy atom. The van der Waals surface area contributed by atoms with E-state index in [1.165, 1.54) is 4.90 Å². The zero-order valence-corrected chi connectivity index (χ0v) is 11.5. The van der Waals surface area contributed by atoms with E-state index in [1.54, 1.807) is 42.5 Å². The molecular weight excluding hydrogens is 266 g/mol. The maximum Gasteiger partial charge on any atom is 0.299 e. The minimum Gasteiger partial charge on any atom is -0.297 e. The third kappa shape index (κ3) is 2.25. The molecule has 2 aromatic rings. The number of para-hydroxylation sites is 1. The fraction of sp³-hybridized carbons (Fsp3) is 0.118. The second-order valence-electron chi connectivity index (χ2n) is 5.03. The van der Waals surface area contributed by atoms with Crippen molar-refractivity contribution in [2.24, 2.45) is 0 Å². The van der Waals surface area contributed by atoms with Crippen LogP contribution >= 0.6 is 0 Å². The van der Waals surface area contributed by atoms with E-state index in [-0.39, 0.29) is 12.3 Å². The summed E-state index contributed by atoms with van der Waals surface area (Å²) in [7, 11) is 0. The molecule has 0 N–H and O–H groups in total. The predicted molar refractivity (Wildman–Crippen MR) is 78.6 cm³/mol. The lowest BCUT2D eigenvalue weighted by atomic mass is 10.1. The first-order chi connectivity index (χ1) is 10.1. The quantitative estimate of drug-likeness (QED) is 0.640. The average Bonchev–Trinajstić information content (AvgIpc) is 2.73. The molecule has 4 heteroatoms. The zero-order valence-electron chi connectivity index (χ0n) is 11.5. The first-order valence-electron chi connectivity index (χ1n) is 6.63. The molecule has 4 nitrogen and oxygen atoms in total. The van der Waals surface area contributed by atoms with Gasteiger partial charge in [0.05, 0.1) is 17.8 Å². The van der Waals surface area contributed by atoms with Crippen molar-refractivity contribution in [2.45, 2.75) is 6.92 Å². The smallest absolute Gasteiger partial charge is 0.297 e. The van der Waals surface area contributed by atoms with Crippen molar-refractivity contribution in [1.82, 2.24) is 0 Å². The minimum absolute atomic E-state index is 0.120. The molecule has 1 aliphatic heterocycles. The number of ketones is 2. The number of nitrogens with zero attached hydrogens (tertiary/aromatic N) is 1. The zero-order chi connectivity index (χ0) is 15.0. The number of rotatable bonds is 3. The maximum atomic E-state index is 12.3. The van der Waals surface area contributed by atoms with Gasteiger partial charge >= 0.3 is 0 Å². The fourth-order valence-electron chi connectivity index (χ4n) is 2.46. The number of benzene rings is 2. The van der Waals surface area contributed by atoms with Gasteiger partial charge in [0.1, 0.15) is 0 Å². The van der Waals surface area contributed by atoms with Crippen LogP contribution in [0.5, 0.6) is 0 Å². The van der Waals surface area contributed by atoms with Gasteiger partial charge in [-0.15, -0.1) is 0 Å². The van der Waals surface area contributed by atoms with E-state index < -0.39 is 11.7 Å². The van der Waals surface area contributed by atoms with Gasteiger partial charge in [-0.3, -0.25) is 19.3 Å². The Morgan fingerprint density at radius 1 is 1.05 bits per heavy atom. The highest BCUT2D eigenvalue weighted by atomic mass is 16.2. The molecule has 21 heavy (non-hydrogen) atoms. The van der Waals surface area contributed by atoms with E-state index in [4.69, 9.17) is 0 Å². The number of aryl methyl sites for hydroxylation is 1. The molecule has 0 unspecified atom stereocenters. The van der Waals surface area contributed by atoms with Crippen molar-refractivity contribution in [2.75, 3.05) is 11.4 Å². The van der Waals surface area contributed by atoms with Crippen LogP contribution in [-0.2, 0) is 4.79 Å². The van der Waals surface area contributed by atoms with Crippen LogP contribution in [0.2, 0.25) is 0 Å². The SMILES string of the molecule is Cc1cccc(C(=O)CN2C(=O)C(=O)c3ccccc32)c1. The fourth-order valence-corrected chi connectivity index (χ4v) is 2.46. The maximum absolute atomic E-state index is 12.3. The number of amides is 1. The summed E-state index contributed by atoms with van der Waals surface area (Å²) >= 11 is 0. The molecule has 0 radical (unpaired) electrons. The lowest BCUT2D eigenvalue weighted by molar-refractivity contribution is -0.114. The number of fused-ring (bicyclic) bond motifs is 1. The Kier molecular flexibility index (Phi) is 3.14. The minimum atomic E-state index is -0.641. The van der Waals surface area contributed by atoms with E-state index in [2.05, 4.69) is 0 Å². The molecular formula is C17H13NO3. The van der Waals surface area contributed by atoms with E-state index in [9.17, 15) is 14.4 Å². The molecule has 1 aliphatic rings. The van der Waals surface area contributed by atoms with Crippen LogP contribution in [-0.4, -0.2) is 24.0 Å². The van der Waals surface area contributed by atoms with E-state index in [0.717, 1.165) is 5.56 Å². The van der Waals surface area contributed by atoms with Crippen molar-refractivity contribution < 1.29 is 14.4 Å². The number of anilines is 1. The highest BCUT2D eigenvalue weighted by Crippen LogP contribution is 2.28. The lowest BCUT2D eigenvalue weighted by Crippen LogP contribution is -2.34. The van der Waals surface area contributed by atoms with Gasteiger partial charge in [-0.1, -0.05) is 35.9 Å². The molecule has 104 valence electrons. The average molecular weight is 279 g/mol. The highest BCUT2D eigenvalue weighted by Gasteiger charge is 2.36. The summed E-state index contributed by atoms with van der Waals surface area (Å²) in [5.74, 6) is -1.38. The number of carbonyl (C=O) groups excluding carboxylic acids is 3. The van der Waals surface area contributed by atoms with Gasteiger partial charge in [0.2, 0.25) is 0 Å². The Bertz CT molecular complexity index is 764. The van der Waals surface area contributed by atoms with Crippen molar-refractivity contribution in [1.29, 1.82) is 0 Å². The molecule has 3 rings (SSSR count). The first-order valence-corrected chi connectivity index (χ1v) is 6.63. The molecule has 1 heterocycles. The molecule has 0 fully saturated rings. The van der Waals surface area contributed by atoms with Crippen molar-refractivity contribution in [3.63, 3.8) is 0 Å². The lowest BCUT2D eigenvalue weighted by Gasteiger charge is -2.15. The van der Waals surface area contributed by atoms with E-state index in [0.29, 0.717) is 16.8 Å². The van der Waals surface area contributed by atoms with Crippen LogP contribution in [0.1, 0.15) is 26.3 Å². The van der Waals surface area contributed by atoms with Gasteiger partial charge < -0.3 is 0 Å². The molecule has 0 bridgehead atoms. The van der Waals surface area contributed by atoms with Gasteiger partial charge in [-0.25, -0.2) is 0 Å². The van der Waals surface area contributed by atoms with Crippen LogP contribution < -0.4 is 4.90 Å². The van der Waals surface area contributed by atoms with Gasteiger partial charge in [0.25, 0.3) is 11.7 Å². The summed E-state index contributed by atoms with van der Waals surface area (Å²) in [6.07, 6.45) is 0. The Morgan fingerprint density at radius 2 is 1.81 bits per heavy atom. The molecule has 2 aromatic carbocycles. The molecule has 0 saturated carbocycles. The molecule has 0 atom stereocenters. The third-order valence-corrected chi connectivity index (χ3v) is 3.52. The topological polar surface area (TPSA) is 54.5 Å². The number of hydrogen-bond donors (Lipinski definition) is 0. The Balaban J connectivity index is 1.90. The molecule has 1 amide bonds. The highest BCUT2D eigenvalue weighted by molar-refractivity contribution is 6.52. The summed E-state index contributed by atoms with van der Waals surface area (Å²) in [4.78, 5) is 37.5. The largest absolute Gasteiger partial charge is 0.299 e. The van der Waals surface area contributed by atoms with Gasteiger partial charge in [0.15, 0.2) is 5.78 Å². The summed E-state index contributed by atoms with van der Waals surface area (Å²) < 4.78 is 0. The monoisotopic (exact) mass is 279 g/mol. The third-order valence-electron chi connectivity index (χ3n) is 3.52.